The van der Waals surface area contributed by atoms with Crippen molar-refractivity contribution < 1.29 is 28.6 Å². The van der Waals surface area contributed by atoms with Gasteiger partial charge in [0.25, 0.3) is 0 Å². The summed E-state index contributed by atoms with van der Waals surface area (Å²) in [5, 5.41) is 6.81. The molecule has 4 heterocycles. The minimum atomic E-state index is -1.28. The van der Waals surface area contributed by atoms with Gasteiger partial charge in [0, 0.05) is 21.8 Å². The van der Waals surface area contributed by atoms with Crippen molar-refractivity contribution in [3.8, 4) is 11.5 Å². The van der Waals surface area contributed by atoms with Gasteiger partial charge >= 0.3 is 0 Å². The first kappa shape index (κ1) is 27.6. The summed E-state index contributed by atoms with van der Waals surface area (Å²) in [5.41, 5.74) is -0.860. The molecule has 42 heavy (non-hydrogen) atoms. The highest BCUT2D eigenvalue weighted by molar-refractivity contribution is 6.35. The van der Waals surface area contributed by atoms with Crippen molar-refractivity contribution in [3.63, 3.8) is 0 Å². The summed E-state index contributed by atoms with van der Waals surface area (Å²) < 4.78 is 18.5. The van der Waals surface area contributed by atoms with Crippen LogP contribution in [-0.4, -0.2) is 65.7 Å². The van der Waals surface area contributed by atoms with Crippen LogP contribution in [0.2, 0.25) is 10.0 Å². The molecule has 3 fully saturated rings. The molecule has 2 aromatic rings. The molecule has 0 aromatic heterocycles. The number of ether oxygens (including phenoxy) is 3. The maximum Gasteiger partial charge on any atom is 0.246 e. The second-order valence-electron chi connectivity index (χ2n) is 11.7. The summed E-state index contributed by atoms with van der Waals surface area (Å²) in [7, 11) is 0. The van der Waals surface area contributed by atoms with Crippen molar-refractivity contribution in [2.45, 2.75) is 62.0 Å². The maximum atomic E-state index is 14.3. The first-order chi connectivity index (χ1) is 20.3. The molecular weight excluding hydrogens is 581 g/mol. The molecule has 6 atom stereocenters. The Morgan fingerprint density at radius 1 is 1.00 bits per heavy atom. The lowest BCUT2D eigenvalue weighted by molar-refractivity contribution is -0.143. The number of amides is 3. The second-order valence-corrected chi connectivity index (χ2v) is 12.6. The van der Waals surface area contributed by atoms with Crippen LogP contribution in [0.4, 0.5) is 5.69 Å². The summed E-state index contributed by atoms with van der Waals surface area (Å²) >= 11 is 12.3. The Hall–Kier alpha value is -3.27. The fourth-order valence-electron chi connectivity index (χ4n) is 7.21. The number of rotatable bonds is 6. The summed E-state index contributed by atoms with van der Waals surface area (Å²) in [6.45, 7) is 0.322. The van der Waals surface area contributed by atoms with Crippen LogP contribution in [0.15, 0.2) is 54.6 Å². The fourth-order valence-corrected chi connectivity index (χ4v) is 7.74. The van der Waals surface area contributed by atoms with Crippen LogP contribution in [0.3, 0.4) is 0 Å². The SMILES string of the molecule is O=C(Nc1cc(Cl)cc(Cl)c1)C1[C@H]2C=CC3(O2)C(C(=O)NC2CCCCC2)N(CC2COc4ccccc4O2)C(=O)[C@@H]13. The Balaban J connectivity index is 1.19. The number of likely N-dealkylation sites (tertiary alicyclic amines) is 1. The Labute approximate surface area is 253 Å². The molecule has 5 aliphatic rings. The predicted molar refractivity (Wildman–Crippen MR) is 156 cm³/mol. The number of carbonyl (C=O) groups excluding carboxylic acids is 3. The Morgan fingerprint density at radius 2 is 1.74 bits per heavy atom. The van der Waals surface area contributed by atoms with Crippen LogP contribution in [-0.2, 0) is 19.1 Å². The summed E-state index contributed by atoms with van der Waals surface area (Å²) in [6.07, 6.45) is 7.47. The van der Waals surface area contributed by atoms with Gasteiger partial charge in [-0.25, -0.2) is 0 Å². The number of nitrogens with zero attached hydrogens (tertiary/aromatic N) is 1. The maximum absolute atomic E-state index is 14.3. The minimum Gasteiger partial charge on any atom is -0.486 e. The van der Waals surface area contributed by atoms with Crippen LogP contribution >= 0.6 is 23.2 Å². The van der Waals surface area contributed by atoms with Crippen molar-refractivity contribution in [1.82, 2.24) is 10.2 Å². The third-order valence-corrected chi connectivity index (χ3v) is 9.41. The van der Waals surface area contributed by atoms with Gasteiger partial charge in [0.1, 0.15) is 18.2 Å². The number of benzene rings is 2. The fraction of sp³-hybridized carbons (Fsp3) is 0.452. The lowest BCUT2D eigenvalue weighted by Gasteiger charge is -2.36. The predicted octanol–water partition coefficient (Wildman–Crippen LogP) is 4.37. The van der Waals surface area contributed by atoms with E-state index in [-0.39, 0.29) is 31.0 Å². The number of halogens is 2. The van der Waals surface area contributed by atoms with Gasteiger partial charge in [0.05, 0.1) is 24.5 Å². The van der Waals surface area contributed by atoms with Crippen molar-refractivity contribution in [1.29, 1.82) is 0 Å². The average molecular weight is 613 g/mol. The Bertz CT molecular complexity index is 1440. The molecule has 2 N–H and O–H groups in total. The van der Waals surface area contributed by atoms with E-state index >= 15 is 0 Å². The molecule has 1 spiro atoms. The summed E-state index contributed by atoms with van der Waals surface area (Å²) in [5.74, 6) is -1.52. The second kappa shape index (κ2) is 10.8. The van der Waals surface area contributed by atoms with E-state index in [2.05, 4.69) is 10.6 Å². The molecule has 9 nitrogen and oxygen atoms in total. The monoisotopic (exact) mass is 611 g/mol. The molecule has 4 unspecified atom stereocenters. The van der Waals surface area contributed by atoms with E-state index in [0.29, 0.717) is 27.2 Å². The highest BCUT2D eigenvalue weighted by atomic mass is 35.5. The van der Waals surface area contributed by atoms with Gasteiger partial charge in [-0.3, -0.25) is 14.4 Å². The van der Waals surface area contributed by atoms with E-state index in [1.165, 1.54) is 4.90 Å². The van der Waals surface area contributed by atoms with Gasteiger partial charge in [0.15, 0.2) is 17.6 Å². The van der Waals surface area contributed by atoms with Crippen LogP contribution in [0.1, 0.15) is 32.1 Å². The standard InChI is InChI=1S/C31H31Cl2N3O6/c32-17-12-18(33)14-20(13-17)35-28(37)25-24-10-11-31(42-24)26(25)30(39)36(27(31)29(38)34-19-6-2-1-3-7-19)15-21-16-40-22-8-4-5-9-23(22)41-21/h4-5,8-14,19,21,24-27H,1-3,6-7,15-16H2,(H,34,38)(H,35,37)/t21?,24-,25?,26-,27?,31?/m1/s1. The number of para-hydroxylation sites is 2. The quantitative estimate of drug-likeness (QED) is 0.470. The molecule has 0 radical (unpaired) electrons. The summed E-state index contributed by atoms with van der Waals surface area (Å²) in [4.78, 5) is 43.6. The van der Waals surface area contributed by atoms with E-state index in [1.807, 2.05) is 24.3 Å². The van der Waals surface area contributed by atoms with Crippen molar-refractivity contribution in [3.05, 3.63) is 64.7 Å². The number of carbonyl (C=O) groups is 3. The van der Waals surface area contributed by atoms with Crippen LogP contribution in [0.25, 0.3) is 0 Å². The van der Waals surface area contributed by atoms with Gasteiger partial charge in [-0.1, -0.05) is 66.7 Å². The van der Waals surface area contributed by atoms with Crippen molar-refractivity contribution in [2.75, 3.05) is 18.5 Å². The third-order valence-electron chi connectivity index (χ3n) is 8.97. The largest absolute Gasteiger partial charge is 0.486 e. The lowest BCUT2D eigenvalue weighted by atomic mass is 9.74. The van der Waals surface area contributed by atoms with Gasteiger partial charge in [-0.2, -0.15) is 0 Å². The van der Waals surface area contributed by atoms with Crippen LogP contribution < -0.4 is 20.1 Å². The molecule has 7 rings (SSSR count). The highest BCUT2D eigenvalue weighted by Gasteiger charge is 2.73. The Kier molecular flexibility index (Phi) is 7.07. The molecule has 4 aliphatic heterocycles. The molecule has 2 bridgehead atoms. The minimum absolute atomic E-state index is 0.0362. The highest BCUT2D eigenvalue weighted by Crippen LogP contribution is 2.55. The molecule has 220 valence electrons. The molecule has 1 aliphatic carbocycles. The normalized spacial score (nSPS) is 31.2. The van der Waals surface area contributed by atoms with E-state index in [9.17, 15) is 14.4 Å². The molecule has 2 saturated heterocycles. The third kappa shape index (κ3) is 4.71. The average Bonchev–Trinajstić information content (AvgIpc) is 3.60. The molecule has 1 saturated carbocycles. The van der Waals surface area contributed by atoms with Crippen LogP contribution in [0.5, 0.6) is 11.5 Å². The lowest BCUT2D eigenvalue weighted by Crippen LogP contribution is -2.58. The van der Waals surface area contributed by atoms with Gasteiger partial charge in [-0.15, -0.1) is 0 Å². The van der Waals surface area contributed by atoms with E-state index in [4.69, 9.17) is 37.4 Å². The van der Waals surface area contributed by atoms with E-state index in [0.717, 1.165) is 32.1 Å². The zero-order valence-electron chi connectivity index (χ0n) is 22.8. The summed E-state index contributed by atoms with van der Waals surface area (Å²) in [6, 6.07) is 11.2. The first-order valence-corrected chi connectivity index (χ1v) is 15.2. The number of fused-ring (bicyclic) bond motifs is 2. The topological polar surface area (TPSA) is 106 Å². The van der Waals surface area contributed by atoms with Crippen LogP contribution in [0, 0.1) is 11.8 Å². The molecule has 11 heteroatoms. The van der Waals surface area contributed by atoms with Crippen molar-refractivity contribution in [2.24, 2.45) is 11.8 Å². The van der Waals surface area contributed by atoms with Gasteiger partial charge in [0.2, 0.25) is 17.7 Å². The van der Waals surface area contributed by atoms with E-state index < -0.39 is 41.6 Å². The number of nitrogens with one attached hydrogen (secondary N) is 2. The zero-order chi connectivity index (χ0) is 29.0. The molecule has 3 amide bonds. The van der Waals surface area contributed by atoms with Gasteiger partial charge < -0.3 is 29.7 Å². The smallest absolute Gasteiger partial charge is 0.246 e. The number of hydrogen-bond acceptors (Lipinski definition) is 6. The zero-order valence-corrected chi connectivity index (χ0v) is 24.3. The Morgan fingerprint density at radius 3 is 2.50 bits per heavy atom. The number of anilines is 1. The van der Waals surface area contributed by atoms with Gasteiger partial charge in [-0.05, 0) is 43.2 Å². The molecule has 2 aromatic carbocycles. The van der Waals surface area contributed by atoms with E-state index in [1.54, 1.807) is 30.4 Å². The van der Waals surface area contributed by atoms with Crippen molar-refractivity contribution >= 4 is 46.6 Å². The molecular formula is C31H31Cl2N3O6. The number of hydrogen-bond donors (Lipinski definition) is 2. The first-order valence-electron chi connectivity index (χ1n) is 14.5.